The Morgan fingerprint density at radius 1 is 1.10 bits per heavy atom. The van der Waals surface area contributed by atoms with E-state index in [9.17, 15) is 17.8 Å². The fourth-order valence-corrected chi connectivity index (χ4v) is 3.03. The van der Waals surface area contributed by atoms with Gasteiger partial charge >= 0.3 is 0 Å². The molecule has 0 amide bonds. The largest absolute Gasteiger partial charge is 0.294 e. The minimum Gasteiger partial charge on any atom is -0.294 e. The number of ketones is 1. The van der Waals surface area contributed by atoms with Gasteiger partial charge < -0.3 is 0 Å². The summed E-state index contributed by atoms with van der Waals surface area (Å²) in [5.41, 5.74) is 1.72. The SMILES string of the molecule is Cc1cccc(C(CC(=O)c2ccccc2)S(=O)(=O)O)c1. The van der Waals surface area contributed by atoms with Gasteiger partial charge in [-0.25, -0.2) is 0 Å². The molecule has 1 N–H and O–H groups in total. The molecule has 1 unspecified atom stereocenters. The van der Waals surface area contributed by atoms with Crippen molar-refractivity contribution >= 4 is 15.9 Å². The van der Waals surface area contributed by atoms with Crippen molar-refractivity contribution in [3.05, 3.63) is 71.3 Å². The molecule has 5 heteroatoms. The third-order valence-electron chi connectivity index (χ3n) is 3.24. The van der Waals surface area contributed by atoms with Gasteiger partial charge in [0, 0.05) is 12.0 Å². The Kier molecular flexibility index (Phi) is 4.55. The molecule has 0 aliphatic heterocycles. The van der Waals surface area contributed by atoms with Crippen LogP contribution >= 0.6 is 0 Å². The summed E-state index contributed by atoms with van der Waals surface area (Å²) in [6.45, 7) is 1.82. The first-order chi connectivity index (χ1) is 9.88. The highest BCUT2D eigenvalue weighted by Gasteiger charge is 2.28. The Labute approximate surface area is 124 Å². The number of benzene rings is 2. The maximum Gasteiger partial charge on any atom is 0.272 e. The molecule has 0 aromatic heterocycles. The van der Waals surface area contributed by atoms with Crippen molar-refractivity contribution in [1.82, 2.24) is 0 Å². The van der Waals surface area contributed by atoms with E-state index < -0.39 is 15.4 Å². The molecule has 0 aliphatic carbocycles. The Bertz CT molecular complexity index is 736. The third kappa shape index (κ3) is 4.00. The van der Waals surface area contributed by atoms with Crippen LogP contribution < -0.4 is 0 Å². The normalized spacial score (nSPS) is 12.9. The molecule has 0 radical (unpaired) electrons. The first kappa shape index (κ1) is 15.4. The van der Waals surface area contributed by atoms with Gasteiger partial charge in [-0.05, 0) is 12.5 Å². The highest BCUT2D eigenvalue weighted by molar-refractivity contribution is 7.86. The van der Waals surface area contributed by atoms with E-state index in [-0.39, 0.29) is 12.2 Å². The number of aryl methyl sites for hydroxylation is 1. The van der Waals surface area contributed by atoms with Gasteiger partial charge in [-0.2, -0.15) is 8.42 Å². The fourth-order valence-electron chi connectivity index (χ4n) is 2.18. The molecule has 0 fully saturated rings. The third-order valence-corrected chi connectivity index (χ3v) is 4.40. The van der Waals surface area contributed by atoms with E-state index in [1.54, 1.807) is 48.5 Å². The van der Waals surface area contributed by atoms with Crippen LogP contribution in [0.25, 0.3) is 0 Å². The fraction of sp³-hybridized carbons (Fsp3) is 0.188. The lowest BCUT2D eigenvalue weighted by molar-refractivity contribution is 0.0979. The first-order valence-electron chi connectivity index (χ1n) is 6.49. The predicted octanol–water partition coefficient (Wildman–Crippen LogP) is 3.20. The summed E-state index contributed by atoms with van der Waals surface area (Å²) in [7, 11) is -4.36. The molecule has 0 saturated heterocycles. The minimum atomic E-state index is -4.36. The lowest BCUT2D eigenvalue weighted by atomic mass is 10.0. The lowest BCUT2D eigenvalue weighted by Crippen LogP contribution is -2.16. The van der Waals surface area contributed by atoms with E-state index in [1.165, 1.54) is 0 Å². The van der Waals surface area contributed by atoms with E-state index in [0.29, 0.717) is 11.1 Å². The summed E-state index contributed by atoms with van der Waals surface area (Å²) in [6, 6.07) is 15.2. The molecule has 0 aliphatic rings. The average Bonchev–Trinajstić information content (AvgIpc) is 2.44. The monoisotopic (exact) mass is 304 g/mol. The van der Waals surface area contributed by atoms with Crippen molar-refractivity contribution in [3.8, 4) is 0 Å². The van der Waals surface area contributed by atoms with E-state index in [0.717, 1.165) is 5.56 Å². The van der Waals surface area contributed by atoms with Gasteiger partial charge in [0.1, 0.15) is 5.25 Å². The van der Waals surface area contributed by atoms with Crippen molar-refractivity contribution in [2.45, 2.75) is 18.6 Å². The van der Waals surface area contributed by atoms with E-state index in [2.05, 4.69) is 0 Å². The van der Waals surface area contributed by atoms with Crippen LogP contribution in [0.4, 0.5) is 0 Å². The number of hydrogen-bond acceptors (Lipinski definition) is 3. The second kappa shape index (κ2) is 6.20. The maximum atomic E-state index is 12.2. The highest BCUT2D eigenvalue weighted by Crippen LogP contribution is 2.27. The van der Waals surface area contributed by atoms with Gasteiger partial charge in [-0.3, -0.25) is 9.35 Å². The van der Waals surface area contributed by atoms with Crippen molar-refractivity contribution in [3.63, 3.8) is 0 Å². The number of carbonyl (C=O) groups is 1. The number of hydrogen-bond donors (Lipinski definition) is 1. The summed E-state index contributed by atoms with van der Waals surface area (Å²) in [4.78, 5) is 12.2. The highest BCUT2D eigenvalue weighted by atomic mass is 32.2. The lowest BCUT2D eigenvalue weighted by Gasteiger charge is -2.14. The molecular weight excluding hydrogens is 288 g/mol. The Balaban J connectivity index is 2.33. The van der Waals surface area contributed by atoms with Gasteiger partial charge in [0.05, 0.1) is 0 Å². The van der Waals surface area contributed by atoms with E-state index in [1.807, 2.05) is 13.0 Å². The summed E-state index contributed by atoms with van der Waals surface area (Å²) in [5, 5.41) is -1.25. The second-order valence-corrected chi connectivity index (χ2v) is 6.51. The molecule has 1 atom stereocenters. The topological polar surface area (TPSA) is 71.4 Å². The van der Waals surface area contributed by atoms with Gasteiger partial charge in [0.25, 0.3) is 10.1 Å². The standard InChI is InChI=1S/C16H16O4S/c1-12-6-5-9-14(10-12)16(21(18,19)20)11-15(17)13-7-3-2-4-8-13/h2-10,16H,11H2,1H3,(H,18,19,20). The van der Waals surface area contributed by atoms with Crippen LogP contribution in [0, 0.1) is 6.92 Å². The quantitative estimate of drug-likeness (QED) is 0.680. The Morgan fingerprint density at radius 3 is 2.33 bits per heavy atom. The smallest absolute Gasteiger partial charge is 0.272 e. The zero-order valence-electron chi connectivity index (χ0n) is 11.6. The summed E-state index contributed by atoms with van der Waals surface area (Å²) < 4.78 is 32.7. The second-order valence-electron chi connectivity index (χ2n) is 4.91. The minimum absolute atomic E-state index is 0.285. The van der Waals surface area contributed by atoms with Crippen molar-refractivity contribution in [1.29, 1.82) is 0 Å². The number of Topliss-reactive ketones (excluding diaryl/α,β-unsaturated/α-hetero) is 1. The molecule has 0 heterocycles. The van der Waals surface area contributed by atoms with Crippen LogP contribution in [0.5, 0.6) is 0 Å². The molecule has 2 aromatic rings. The molecular formula is C16H16O4S. The van der Waals surface area contributed by atoms with Crippen molar-refractivity contribution < 1.29 is 17.8 Å². The van der Waals surface area contributed by atoms with Crippen LogP contribution in [0.3, 0.4) is 0 Å². The van der Waals surface area contributed by atoms with Crippen LogP contribution in [-0.4, -0.2) is 18.8 Å². The van der Waals surface area contributed by atoms with E-state index in [4.69, 9.17) is 0 Å². The van der Waals surface area contributed by atoms with Crippen molar-refractivity contribution in [2.24, 2.45) is 0 Å². The van der Waals surface area contributed by atoms with Gasteiger partial charge in [0.15, 0.2) is 5.78 Å². The Morgan fingerprint density at radius 2 is 1.76 bits per heavy atom. The number of rotatable bonds is 5. The zero-order chi connectivity index (χ0) is 15.5. The van der Waals surface area contributed by atoms with Crippen LogP contribution in [0.15, 0.2) is 54.6 Å². The summed E-state index contributed by atoms with van der Waals surface area (Å²) in [6.07, 6.45) is -0.285. The Hall–Kier alpha value is -1.98. The zero-order valence-corrected chi connectivity index (χ0v) is 12.4. The molecule has 0 spiro atoms. The maximum absolute atomic E-state index is 12.2. The van der Waals surface area contributed by atoms with Gasteiger partial charge in [0.2, 0.25) is 0 Å². The first-order valence-corrected chi connectivity index (χ1v) is 7.99. The predicted molar refractivity (Wildman–Crippen MR) is 80.9 cm³/mol. The average molecular weight is 304 g/mol. The van der Waals surface area contributed by atoms with Crippen LogP contribution in [0.1, 0.15) is 33.2 Å². The molecule has 2 rings (SSSR count). The molecule has 2 aromatic carbocycles. The molecule has 110 valence electrons. The number of carbonyl (C=O) groups excluding carboxylic acids is 1. The molecule has 0 bridgehead atoms. The molecule has 4 nitrogen and oxygen atoms in total. The van der Waals surface area contributed by atoms with Crippen LogP contribution in [0.2, 0.25) is 0 Å². The van der Waals surface area contributed by atoms with Crippen LogP contribution in [-0.2, 0) is 10.1 Å². The summed E-state index contributed by atoms with van der Waals surface area (Å²) >= 11 is 0. The summed E-state index contributed by atoms with van der Waals surface area (Å²) in [5.74, 6) is -0.320. The van der Waals surface area contributed by atoms with Crippen molar-refractivity contribution in [2.75, 3.05) is 0 Å². The van der Waals surface area contributed by atoms with Gasteiger partial charge in [-0.1, -0.05) is 60.2 Å². The molecule has 21 heavy (non-hydrogen) atoms. The van der Waals surface area contributed by atoms with Gasteiger partial charge in [-0.15, -0.1) is 0 Å². The van der Waals surface area contributed by atoms with E-state index >= 15 is 0 Å². The molecule has 0 saturated carbocycles.